The first-order valence-corrected chi connectivity index (χ1v) is 6.35. The molecule has 2 aromatic rings. The minimum atomic E-state index is -4.48. The number of alkyl halides is 3. The van der Waals surface area contributed by atoms with Crippen LogP contribution in [0.25, 0.3) is 0 Å². The van der Waals surface area contributed by atoms with E-state index in [4.69, 9.17) is 0 Å². The molecular weight excluding hydrogens is 271 g/mol. The number of hydrogen-bond acceptors (Lipinski definition) is 5. The van der Waals surface area contributed by atoms with Gasteiger partial charge in [0.05, 0.1) is 0 Å². The lowest BCUT2D eigenvalue weighted by molar-refractivity contribution is -0.144. The van der Waals surface area contributed by atoms with E-state index in [2.05, 4.69) is 14.7 Å². The molecular formula is C9H8F3N3S2. The Morgan fingerprint density at radius 2 is 2.12 bits per heavy atom. The zero-order valence-corrected chi connectivity index (χ0v) is 10.3. The third-order valence-electron chi connectivity index (χ3n) is 2.07. The third kappa shape index (κ3) is 2.95. The molecule has 2 aromatic heterocycles. The fourth-order valence-electron chi connectivity index (χ4n) is 1.15. The van der Waals surface area contributed by atoms with Gasteiger partial charge < -0.3 is 5.32 Å². The summed E-state index contributed by atoms with van der Waals surface area (Å²) in [5, 5.41) is 6.95. The summed E-state index contributed by atoms with van der Waals surface area (Å²) in [6, 6.07) is 0. The quantitative estimate of drug-likeness (QED) is 0.933. The summed E-state index contributed by atoms with van der Waals surface area (Å²) >= 11 is 2.27. The standard InChI is InChI=1S/C9H8F3N3S2/c1-5-3-16-4-6(5)2-13-8-14-7(15-17-8)9(10,11)12/h3-4H,2H2,1H3,(H,13,14,15). The summed E-state index contributed by atoms with van der Waals surface area (Å²) in [4.78, 5) is 3.39. The second kappa shape index (κ2) is 4.61. The Morgan fingerprint density at radius 3 is 2.65 bits per heavy atom. The van der Waals surface area contributed by atoms with Crippen molar-refractivity contribution in [1.29, 1.82) is 0 Å². The molecule has 0 fully saturated rings. The molecule has 0 saturated carbocycles. The molecule has 8 heteroatoms. The van der Waals surface area contributed by atoms with Crippen LogP contribution < -0.4 is 5.32 Å². The highest BCUT2D eigenvalue weighted by atomic mass is 32.1. The summed E-state index contributed by atoms with van der Waals surface area (Å²) in [6.07, 6.45) is -4.48. The molecule has 3 nitrogen and oxygen atoms in total. The van der Waals surface area contributed by atoms with Crippen molar-refractivity contribution in [1.82, 2.24) is 9.36 Å². The molecule has 0 radical (unpaired) electrons. The maximum atomic E-state index is 12.2. The van der Waals surface area contributed by atoms with Gasteiger partial charge in [-0.3, -0.25) is 0 Å². The van der Waals surface area contributed by atoms with Gasteiger partial charge in [0.15, 0.2) is 0 Å². The molecule has 2 rings (SSSR count). The second-order valence-corrected chi connectivity index (χ2v) is 4.85. The van der Waals surface area contributed by atoms with E-state index >= 15 is 0 Å². The topological polar surface area (TPSA) is 37.8 Å². The van der Waals surface area contributed by atoms with Crippen molar-refractivity contribution >= 4 is 28.0 Å². The van der Waals surface area contributed by atoms with Crippen molar-refractivity contribution in [2.75, 3.05) is 5.32 Å². The highest BCUT2D eigenvalue weighted by molar-refractivity contribution is 7.09. The van der Waals surface area contributed by atoms with Crippen LogP contribution in [0.3, 0.4) is 0 Å². The van der Waals surface area contributed by atoms with Crippen LogP contribution in [0.1, 0.15) is 17.0 Å². The molecule has 0 atom stereocenters. The van der Waals surface area contributed by atoms with Gasteiger partial charge in [-0.05, 0) is 28.8 Å². The Hall–Kier alpha value is -1.15. The molecule has 0 bridgehead atoms. The molecule has 0 aromatic carbocycles. The third-order valence-corrected chi connectivity index (χ3v) is 3.65. The Kier molecular flexibility index (Phi) is 3.34. The first-order valence-electron chi connectivity index (χ1n) is 4.63. The lowest BCUT2D eigenvalue weighted by atomic mass is 10.2. The Labute approximate surface area is 103 Å². The summed E-state index contributed by atoms with van der Waals surface area (Å²) in [5.41, 5.74) is 2.17. The Morgan fingerprint density at radius 1 is 1.35 bits per heavy atom. The molecule has 17 heavy (non-hydrogen) atoms. The van der Waals surface area contributed by atoms with E-state index in [9.17, 15) is 13.2 Å². The highest BCUT2D eigenvalue weighted by Crippen LogP contribution is 2.29. The van der Waals surface area contributed by atoms with E-state index in [1.807, 2.05) is 17.7 Å². The molecule has 0 aliphatic heterocycles. The zero-order valence-electron chi connectivity index (χ0n) is 8.71. The van der Waals surface area contributed by atoms with Gasteiger partial charge in [0.25, 0.3) is 0 Å². The Balaban J connectivity index is 2.01. The van der Waals surface area contributed by atoms with Crippen LogP contribution in [0, 0.1) is 6.92 Å². The van der Waals surface area contributed by atoms with Gasteiger partial charge in [0, 0.05) is 18.1 Å². The molecule has 0 aliphatic rings. The Bertz CT molecular complexity index is 504. The smallest absolute Gasteiger partial charge is 0.356 e. The van der Waals surface area contributed by atoms with Crippen LogP contribution in [0.2, 0.25) is 0 Å². The van der Waals surface area contributed by atoms with Crippen molar-refractivity contribution in [2.45, 2.75) is 19.6 Å². The van der Waals surface area contributed by atoms with E-state index in [1.54, 1.807) is 11.3 Å². The molecule has 0 unspecified atom stereocenters. The van der Waals surface area contributed by atoms with E-state index in [0.29, 0.717) is 18.1 Å². The van der Waals surface area contributed by atoms with Crippen LogP contribution in [0.5, 0.6) is 0 Å². The number of rotatable bonds is 3. The number of aromatic nitrogens is 2. The molecule has 1 N–H and O–H groups in total. The van der Waals surface area contributed by atoms with Crippen LogP contribution in [0.4, 0.5) is 18.3 Å². The summed E-state index contributed by atoms with van der Waals surface area (Å²) in [5.74, 6) is -1.09. The largest absolute Gasteiger partial charge is 0.452 e. The summed E-state index contributed by atoms with van der Waals surface area (Å²) in [7, 11) is 0. The van der Waals surface area contributed by atoms with Gasteiger partial charge >= 0.3 is 6.18 Å². The maximum Gasteiger partial charge on any atom is 0.452 e. The van der Waals surface area contributed by atoms with Crippen LogP contribution in [-0.4, -0.2) is 9.36 Å². The first kappa shape index (κ1) is 12.3. The van der Waals surface area contributed by atoms with Gasteiger partial charge in [-0.2, -0.15) is 33.9 Å². The summed E-state index contributed by atoms with van der Waals surface area (Å²) < 4.78 is 40.0. The SMILES string of the molecule is Cc1cscc1CNc1nc(C(F)(F)F)ns1. The van der Waals surface area contributed by atoms with E-state index < -0.39 is 12.0 Å². The van der Waals surface area contributed by atoms with Crippen molar-refractivity contribution in [3.8, 4) is 0 Å². The predicted octanol–water partition coefficient (Wildman–Crippen LogP) is 3.54. The molecule has 0 amide bonds. The fraction of sp³-hybridized carbons (Fsp3) is 0.333. The minimum Gasteiger partial charge on any atom is -0.356 e. The summed E-state index contributed by atoms with van der Waals surface area (Å²) in [6.45, 7) is 2.41. The van der Waals surface area contributed by atoms with Crippen LogP contribution >= 0.6 is 22.9 Å². The van der Waals surface area contributed by atoms with Crippen molar-refractivity contribution in [2.24, 2.45) is 0 Å². The normalized spacial score (nSPS) is 11.8. The van der Waals surface area contributed by atoms with Gasteiger partial charge in [0.1, 0.15) is 0 Å². The molecule has 0 aliphatic carbocycles. The number of hydrogen-bond donors (Lipinski definition) is 1. The fourth-order valence-corrected chi connectivity index (χ4v) is 2.59. The van der Waals surface area contributed by atoms with Gasteiger partial charge in [-0.25, -0.2) is 0 Å². The molecule has 2 heterocycles. The van der Waals surface area contributed by atoms with E-state index in [0.717, 1.165) is 11.1 Å². The number of halogens is 3. The molecule has 92 valence electrons. The van der Waals surface area contributed by atoms with E-state index in [1.165, 1.54) is 0 Å². The van der Waals surface area contributed by atoms with E-state index in [-0.39, 0.29) is 5.13 Å². The lowest BCUT2D eigenvalue weighted by Gasteiger charge is -2.01. The monoisotopic (exact) mass is 279 g/mol. The molecule has 0 spiro atoms. The number of nitrogens with one attached hydrogen (secondary N) is 1. The zero-order chi connectivity index (χ0) is 12.5. The number of thiophene rings is 1. The molecule has 0 saturated heterocycles. The van der Waals surface area contributed by atoms with Gasteiger partial charge in [0.2, 0.25) is 11.0 Å². The van der Waals surface area contributed by atoms with Crippen molar-refractivity contribution in [3.63, 3.8) is 0 Å². The number of anilines is 1. The average Bonchev–Trinajstić information content (AvgIpc) is 2.82. The maximum absolute atomic E-state index is 12.2. The number of nitrogens with zero attached hydrogens (tertiary/aromatic N) is 2. The predicted molar refractivity (Wildman–Crippen MR) is 61.3 cm³/mol. The highest BCUT2D eigenvalue weighted by Gasteiger charge is 2.36. The van der Waals surface area contributed by atoms with Gasteiger partial charge in [-0.1, -0.05) is 0 Å². The van der Waals surface area contributed by atoms with Gasteiger partial charge in [-0.15, -0.1) is 0 Å². The second-order valence-electron chi connectivity index (χ2n) is 3.35. The lowest BCUT2D eigenvalue weighted by Crippen LogP contribution is -2.07. The average molecular weight is 279 g/mol. The van der Waals surface area contributed by atoms with Crippen LogP contribution in [0.15, 0.2) is 10.8 Å². The van der Waals surface area contributed by atoms with Crippen LogP contribution in [-0.2, 0) is 12.7 Å². The minimum absolute atomic E-state index is 0.183. The first-order chi connectivity index (χ1) is 7.97. The van der Waals surface area contributed by atoms with Crippen molar-refractivity contribution in [3.05, 3.63) is 27.7 Å². The van der Waals surface area contributed by atoms with Crippen molar-refractivity contribution < 1.29 is 13.2 Å². The number of aryl methyl sites for hydroxylation is 1.